The summed E-state index contributed by atoms with van der Waals surface area (Å²) in [7, 11) is 0. The second-order valence-electron chi connectivity index (χ2n) is 9.37. The minimum Gasteiger partial charge on any atom is -0.383 e. The summed E-state index contributed by atoms with van der Waals surface area (Å²) in [5.74, 6) is 0.143. The van der Waals surface area contributed by atoms with E-state index in [2.05, 4.69) is 28.7 Å². The van der Waals surface area contributed by atoms with Gasteiger partial charge in [-0.1, -0.05) is 37.6 Å². The number of nitrogens with two attached hydrogens (primary N) is 1. The molecule has 2 aromatic carbocycles. The monoisotopic (exact) mass is 506 g/mol. The Balaban J connectivity index is 1.49. The molecule has 1 saturated heterocycles. The highest BCUT2D eigenvalue weighted by Gasteiger charge is 2.24. The van der Waals surface area contributed by atoms with E-state index in [1.54, 1.807) is 16.8 Å². The van der Waals surface area contributed by atoms with Gasteiger partial charge in [0.25, 0.3) is 0 Å². The van der Waals surface area contributed by atoms with Gasteiger partial charge >= 0.3 is 0 Å². The minimum atomic E-state index is -0.302. The number of piperidine rings is 1. The minimum absolute atomic E-state index is 0.302. The van der Waals surface area contributed by atoms with Gasteiger partial charge in [0.15, 0.2) is 5.65 Å². The van der Waals surface area contributed by atoms with Gasteiger partial charge in [-0.25, -0.2) is 9.37 Å². The van der Waals surface area contributed by atoms with E-state index in [1.165, 1.54) is 0 Å². The number of rotatable bonds is 6. The molecule has 2 aromatic heterocycles. The molecule has 0 aliphatic carbocycles. The third-order valence-electron chi connectivity index (χ3n) is 7.38. The van der Waals surface area contributed by atoms with Crippen LogP contribution >= 0.6 is 11.6 Å². The first-order valence-electron chi connectivity index (χ1n) is 12.6. The number of anilines is 2. The Morgan fingerprint density at radius 2 is 1.83 bits per heavy atom. The molecule has 0 amide bonds. The van der Waals surface area contributed by atoms with E-state index in [4.69, 9.17) is 22.3 Å². The van der Waals surface area contributed by atoms with Crippen molar-refractivity contribution < 1.29 is 4.39 Å². The molecular weight excluding hydrogens is 475 g/mol. The van der Waals surface area contributed by atoms with Crippen molar-refractivity contribution in [2.24, 2.45) is 0 Å². The number of fused-ring (bicyclic) bond motifs is 1. The molecule has 188 valence electrons. The highest BCUT2D eigenvalue weighted by atomic mass is 35.5. The van der Waals surface area contributed by atoms with E-state index >= 15 is 4.39 Å². The molecule has 8 heteroatoms. The number of benzene rings is 2. The fourth-order valence-corrected chi connectivity index (χ4v) is 5.66. The van der Waals surface area contributed by atoms with Gasteiger partial charge < -0.3 is 15.5 Å². The van der Waals surface area contributed by atoms with Crippen LogP contribution < -0.4 is 10.6 Å². The highest BCUT2D eigenvalue weighted by molar-refractivity contribution is 6.30. The predicted molar refractivity (Wildman–Crippen MR) is 146 cm³/mol. The average Bonchev–Trinajstić information content (AvgIpc) is 3.29. The number of nitrogens with zero attached hydrogens (tertiary/aromatic N) is 5. The Hall–Kier alpha value is -3.16. The number of nitrogen functional groups attached to an aromatic ring is 1. The lowest BCUT2D eigenvalue weighted by Crippen LogP contribution is -2.44. The summed E-state index contributed by atoms with van der Waals surface area (Å²) in [6.07, 6.45) is 3.86. The van der Waals surface area contributed by atoms with Gasteiger partial charge in [-0.2, -0.15) is 9.61 Å². The van der Waals surface area contributed by atoms with E-state index in [0.29, 0.717) is 33.7 Å². The number of aromatic nitrogens is 3. The number of halogens is 2. The first-order valence-corrected chi connectivity index (χ1v) is 13.0. The zero-order chi connectivity index (χ0) is 25.4. The van der Waals surface area contributed by atoms with Crippen molar-refractivity contribution in [3.8, 4) is 22.3 Å². The van der Waals surface area contributed by atoms with Crippen LogP contribution in [0, 0.1) is 12.7 Å². The number of hydrogen-bond donors (Lipinski definition) is 1. The normalized spacial score (nSPS) is 14.8. The van der Waals surface area contributed by atoms with Crippen LogP contribution in [0.15, 0.2) is 48.7 Å². The fraction of sp³-hybridized carbons (Fsp3) is 0.357. The van der Waals surface area contributed by atoms with Gasteiger partial charge in [0.05, 0.1) is 11.9 Å². The molecule has 2 N–H and O–H groups in total. The van der Waals surface area contributed by atoms with Crippen LogP contribution in [0.1, 0.15) is 32.4 Å². The summed E-state index contributed by atoms with van der Waals surface area (Å²) in [6.45, 7) is 10.4. The lowest BCUT2D eigenvalue weighted by Gasteiger charge is -2.38. The number of hydrogen-bond acceptors (Lipinski definition) is 5. The van der Waals surface area contributed by atoms with Gasteiger partial charge in [-0.15, -0.1) is 0 Å². The zero-order valence-electron chi connectivity index (χ0n) is 21.0. The smallest absolute Gasteiger partial charge is 0.165 e. The Morgan fingerprint density at radius 1 is 1.08 bits per heavy atom. The summed E-state index contributed by atoms with van der Waals surface area (Å²) in [4.78, 5) is 9.68. The molecule has 0 radical (unpaired) electrons. The second-order valence-corrected chi connectivity index (χ2v) is 9.80. The van der Waals surface area contributed by atoms with Crippen LogP contribution in [0.5, 0.6) is 0 Å². The van der Waals surface area contributed by atoms with Gasteiger partial charge in [-0.3, -0.25) is 0 Å². The predicted octanol–water partition coefficient (Wildman–Crippen LogP) is 6.06. The summed E-state index contributed by atoms with van der Waals surface area (Å²) >= 11 is 6.20. The van der Waals surface area contributed by atoms with Gasteiger partial charge in [0, 0.05) is 46.5 Å². The Kier molecular flexibility index (Phi) is 6.86. The molecule has 6 nitrogen and oxygen atoms in total. The van der Waals surface area contributed by atoms with Crippen molar-refractivity contribution >= 4 is 28.8 Å². The molecule has 0 spiro atoms. The lowest BCUT2D eigenvalue weighted by molar-refractivity contribution is 0.186. The van der Waals surface area contributed by atoms with Crippen LogP contribution in [0.25, 0.3) is 27.9 Å². The molecule has 0 unspecified atom stereocenters. The molecule has 1 aliphatic rings. The maximum absolute atomic E-state index is 15.1. The van der Waals surface area contributed by atoms with Gasteiger partial charge in [0.2, 0.25) is 0 Å². The zero-order valence-corrected chi connectivity index (χ0v) is 21.8. The van der Waals surface area contributed by atoms with E-state index in [-0.39, 0.29) is 5.82 Å². The van der Waals surface area contributed by atoms with E-state index in [1.807, 2.05) is 43.3 Å². The lowest BCUT2D eigenvalue weighted by atomic mass is 10.0. The Morgan fingerprint density at radius 3 is 2.53 bits per heavy atom. The third-order valence-corrected chi connectivity index (χ3v) is 7.61. The van der Waals surface area contributed by atoms with Crippen molar-refractivity contribution in [2.75, 3.05) is 36.8 Å². The van der Waals surface area contributed by atoms with Crippen LogP contribution in [0.2, 0.25) is 5.02 Å². The van der Waals surface area contributed by atoms with Crippen molar-refractivity contribution in [1.82, 2.24) is 19.5 Å². The Bertz CT molecular complexity index is 1390. The average molecular weight is 507 g/mol. The quantitative estimate of drug-likeness (QED) is 0.344. The molecule has 0 saturated carbocycles. The maximum atomic E-state index is 15.1. The molecule has 0 atom stereocenters. The maximum Gasteiger partial charge on any atom is 0.165 e. The van der Waals surface area contributed by atoms with Crippen LogP contribution in [-0.4, -0.2) is 51.7 Å². The molecular formula is C28H32ClFN6. The summed E-state index contributed by atoms with van der Waals surface area (Å²) in [5.41, 5.74) is 11.6. The summed E-state index contributed by atoms with van der Waals surface area (Å²) < 4.78 is 16.7. The Labute approximate surface area is 216 Å². The SMILES string of the molecule is CCN(CC)C1CCN(c2ccc(F)c(-c3cnn4c(N)c(-c5cccc(Cl)c5)c(C)nc34)c2)CC1. The van der Waals surface area contributed by atoms with E-state index in [9.17, 15) is 0 Å². The first-order chi connectivity index (χ1) is 17.4. The van der Waals surface area contributed by atoms with Crippen molar-refractivity contribution in [3.63, 3.8) is 0 Å². The van der Waals surface area contributed by atoms with Crippen molar-refractivity contribution in [1.29, 1.82) is 0 Å². The molecule has 1 aliphatic heterocycles. The largest absolute Gasteiger partial charge is 0.383 e. The van der Waals surface area contributed by atoms with Crippen LogP contribution in [-0.2, 0) is 0 Å². The van der Waals surface area contributed by atoms with Crippen molar-refractivity contribution in [3.05, 3.63) is 65.2 Å². The second kappa shape index (κ2) is 10.1. The standard InChI is InChI=1S/C28H32ClFN6/c1-4-34(5-2)21-11-13-35(14-12-21)22-9-10-25(30)23(16-22)24-17-32-36-27(31)26(18(3)33-28(24)36)19-7-6-8-20(29)15-19/h6-10,15-17,21H,4-5,11-14,31H2,1-3H3. The molecule has 36 heavy (non-hydrogen) atoms. The van der Waals surface area contributed by atoms with Gasteiger partial charge in [0.1, 0.15) is 11.6 Å². The molecule has 1 fully saturated rings. The number of aryl methyl sites for hydroxylation is 1. The first kappa shape index (κ1) is 24.5. The molecule has 3 heterocycles. The highest BCUT2D eigenvalue weighted by Crippen LogP contribution is 2.36. The molecule has 0 bridgehead atoms. The van der Waals surface area contributed by atoms with E-state index < -0.39 is 0 Å². The molecule has 5 rings (SSSR count). The van der Waals surface area contributed by atoms with Crippen LogP contribution in [0.4, 0.5) is 15.9 Å². The molecule has 4 aromatic rings. The summed E-state index contributed by atoms with van der Waals surface area (Å²) in [6, 6.07) is 13.4. The third kappa shape index (κ3) is 4.42. The van der Waals surface area contributed by atoms with Crippen LogP contribution in [0.3, 0.4) is 0 Å². The fourth-order valence-electron chi connectivity index (χ4n) is 5.47. The topological polar surface area (TPSA) is 62.7 Å². The van der Waals surface area contributed by atoms with Gasteiger partial charge in [-0.05, 0) is 68.8 Å². The summed E-state index contributed by atoms with van der Waals surface area (Å²) in [5, 5.41) is 5.10. The van der Waals surface area contributed by atoms with E-state index in [0.717, 1.165) is 61.5 Å². The van der Waals surface area contributed by atoms with Crippen molar-refractivity contribution in [2.45, 2.75) is 39.7 Å².